The van der Waals surface area contributed by atoms with Gasteiger partial charge in [-0.3, -0.25) is 9.59 Å². The van der Waals surface area contributed by atoms with E-state index in [1.165, 1.54) is 0 Å². The lowest BCUT2D eigenvalue weighted by atomic mass is 10.1. The van der Waals surface area contributed by atoms with Gasteiger partial charge in [0.25, 0.3) is 0 Å². The Labute approximate surface area is 101 Å². The molecule has 0 radical (unpaired) electrons. The third-order valence-electron chi connectivity index (χ3n) is 2.97. The Morgan fingerprint density at radius 2 is 1.94 bits per heavy atom. The summed E-state index contributed by atoms with van der Waals surface area (Å²) in [5.74, 6) is -0.0328. The number of hydrogen-bond donors (Lipinski definition) is 0. The number of benzene rings is 1. The summed E-state index contributed by atoms with van der Waals surface area (Å²) in [6.07, 6.45) is 1.27. The van der Waals surface area contributed by atoms with Crippen LogP contribution in [0.5, 0.6) is 0 Å². The molecule has 1 aromatic carbocycles. The number of likely N-dealkylation sites (N-methyl/N-ethyl adjacent to an activating group) is 1. The fourth-order valence-electron chi connectivity index (χ4n) is 2.01. The van der Waals surface area contributed by atoms with Gasteiger partial charge in [0.1, 0.15) is 6.54 Å². The topological polar surface area (TPSA) is 40.6 Å². The second kappa shape index (κ2) is 4.57. The molecule has 1 aliphatic heterocycles. The maximum atomic E-state index is 12.0. The number of fused-ring (bicyclic) bond motifs is 1. The van der Waals surface area contributed by atoms with Crippen molar-refractivity contribution in [3.8, 4) is 0 Å². The molecule has 0 N–H and O–H groups in total. The van der Waals surface area contributed by atoms with Crippen LogP contribution in [0.15, 0.2) is 24.3 Å². The highest BCUT2D eigenvalue weighted by atomic mass is 16.2. The molecule has 1 heterocycles. The van der Waals surface area contributed by atoms with Crippen LogP contribution in [0.3, 0.4) is 0 Å². The number of anilines is 2. The SMILES string of the molecule is CCCC(=O)N1CC(=O)N(C)c2ccccc21. The first-order valence-corrected chi connectivity index (χ1v) is 5.81. The Morgan fingerprint density at radius 3 is 2.59 bits per heavy atom. The number of amides is 2. The zero-order valence-electron chi connectivity index (χ0n) is 10.1. The number of carbonyl (C=O) groups excluding carboxylic acids is 2. The molecule has 0 saturated heterocycles. The maximum absolute atomic E-state index is 12.0. The Balaban J connectivity index is 2.40. The van der Waals surface area contributed by atoms with Crippen LogP contribution in [0.4, 0.5) is 11.4 Å². The van der Waals surface area contributed by atoms with Gasteiger partial charge in [-0.25, -0.2) is 0 Å². The minimum absolute atomic E-state index is 0.0152. The Hall–Kier alpha value is -1.84. The van der Waals surface area contributed by atoms with Crippen LogP contribution in [0.2, 0.25) is 0 Å². The molecule has 2 amide bonds. The van der Waals surface area contributed by atoms with Gasteiger partial charge in [-0.2, -0.15) is 0 Å². The summed E-state index contributed by atoms with van der Waals surface area (Å²) in [6.45, 7) is 2.11. The van der Waals surface area contributed by atoms with Crippen molar-refractivity contribution in [1.29, 1.82) is 0 Å². The maximum Gasteiger partial charge on any atom is 0.246 e. The van der Waals surface area contributed by atoms with Gasteiger partial charge in [-0.05, 0) is 18.6 Å². The normalized spacial score (nSPS) is 14.8. The minimum Gasteiger partial charge on any atom is -0.312 e. The van der Waals surface area contributed by atoms with Crippen molar-refractivity contribution in [2.24, 2.45) is 0 Å². The summed E-state index contributed by atoms with van der Waals surface area (Å²) < 4.78 is 0. The van der Waals surface area contributed by atoms with E-state index in [9.17, 15) is 9.59 Å². The van der Waals surface area contributed by atoms with E-state index in [4.69, 9.17) is 0 Å². The molecule has 0 aliphatic carbocycles. The van der Waals surface area contributed by atoms with E-state index in [1.54, 1.807) is 16.8 Å². The van der Waals surface area contributed by atoms with E-state index in [0.717, 1.165) is 17.8 Å². The van der Waals surface area contributed by atoms with E-state index in [-0.39, 0.29) is 18.4 Å². The average molecular weight is 232 g/mol. The van der Waals surface area contributed by atoms with Crippen LogP contribution in [-0.4, -0.2) is 25.4 Å². The molecular formula is C13H16N2O2. The minimum atomic E-state index is -0.0480. The Bertz CT molecular complexity index is 456. The van der Waals surface area contributed by atoms with Crippen LogP contribution >= 0.6 is 0 Å². The van der Waals surface area contributed by atoms with E-state index in [0.29, 0.717) is 6.42 Å². The first kappa shape index (κ1) is 11.6. The second-order valence-corrected chi connectivity index (χ2v) is 4.17. The molecule has 0 aromatic heterocycles. The van der Waals surface area contributed by atoms with E-state index >= 15 is 0 Å². The summed E-state index contributed by atoms with van der Waals surface area (Å²) in [5.41, 5.74) is 1.63. The lowest BCUT2D eigenvalue weighted by Gasteiger charge is -2.34. The third-order valence-corrected chi connectivity index (χ3v) is 2.97. The molecule has 17 heavy (non-hydrogen) atoms. The number of hydrogen-bond acceptors (Lipinski definition) is 2. The quantitative estimate of drug-likeness (QED) is 0.780. The molecule has 90 valence electrons. The number of para-hydroxylation sites is 2. The molecule has 4 heteroatoms. The molecule has 0 bridgehead atoms. The molecule has 0 fully saturated rings. The standard InChI is InChI=1S/C13H16N2O2/c1-3-6-12(16)15-9-13(17)14(2)10-7-4-5-8-11(10)15/h4-5,7-8H,3,6,9H2,1-2H3. The third kappa shape index (κ3) is 2.02. The van der Waals surface area contributed by atoms with Crippen LogP contribution in [0.25, 0.3) is 0 Å². The van der Waals surface area contributed by atoms with Crippen molar-refractivity contribution in [3.63, 3.8) is 0 Å². The van der Waals surface area contributed by atoms with Gasteiger partial charge in [-0.15, -0.1) is 0 Å². The van der Waals surface area contributed by atoms with Crippen molar-refractivity contribution in [2.75, 3.05) is 23.4 Å². The summed E-state index contributed by atoms with van der Waals surface area (Å²) in [5, 5.41) is 0. The summed E-state index contributed by atoms with van der Waals surface area (Å²) in [4.78, 5) is 27.0. The summed E-state index contributed by atoms with van der Waals surface area (Å²) in [7, 11) is 1.74. The molecule has 0 saturated carbocycles. The average Bonchev–Trinajstić information content (AvgIpc) is 2.34. The van der Waals surface area contributed by atoms with Crippen LogP contribution in [0.1, 0.15) is 19.8 Å². The molecule has 2 rings (SSSR count). The van der Waals surface area contributed by atoms with E-state index < -0.39 is 0 Å². The number of rotatable bonds is 2. The van der Waals surface area contributed by atoms with Crippen LogP contribution in [-0.2, 0) is 9.59 Å². The number of carbonyl (C=O) groups is 2. The molecule has 1 aliphatic rings. The van der Waals surface area contributed by atoms with Gasteiger partial charge < -0.3 is 9.80 Å². The highest BCUT2D eigenvalue weighted by Gasteiger charge is 2.29. The second-order valence-electron chi connectivity index (χ2n) is 4.17. The van der Waals surface area contributed by atoms with Gasteiger partial charge in [-0.1, -0.05) is 19.1 Å². The van der Waals surface area contributed by atoms with Crippen molar-refractivity contribution in [3.05, 3.63) is 24.3 Å². The van der Waals surface area contributed by atoms with Gasteiger partial charge in [0.15, 0.2) is 0 Å². The molecule has 0 unspecified atom stereocenters. The Kier molecular flexibility index (Phi) is 3.13. The summed E-state index contributed by atoms with van der Waals surface area (Å²) >= 11 is 0. The molecule has 1 aromatic rings. The fraction of sp³-hybridized carbons (Fsp3) is 0.385. The van der Waals surface area contributed by atoms with Gasteiger partial charge in [0.05, 0.1) is 11.4 Å². The highest BCUT2D eigenvalue weighted by Crippen LogP contribution is 2.32. The van der Waals surface area contributed by atoms with Gasteiger partial charge in [0.2, 0.25) is 11.8 Å². The molecule has 4 nitrogen and oxygen atoms in total. The largest absolute Gasteiger partial charge is 0.312 e. The lowest BCUT2D eigenvalue weighted by Crippen LogP contribution is -2.46. The van der Waals surface area contributed by atoms with Crippen LogP contribution < -0.4 is 9.80 Å². The monoisotopic (exact) mass is 232 g/mol. The van der Waals surface area contributed by atoms with E-state index in [2.05, 4.69) is 0 Å². The zero-order chi connectivity index (χ0) is 12.4. The predicted molar refractivity (Wildman–Crippen MR) is 67.1 cm³/mol. The van der Waals surface area contributed by atoms with Crippen LogP contribution in [0, 0.1) is 0 Å². The first-order valence-electron chi connectivity index (χ1n) is 5.81. The van der Waals surface area contributed by atoms with Crippen molar-refractivity contribution in [2.45, 2.75) is 19.8 Å². The first-order chi connectivity index (χ1) is 8.15. The zero-order valence-corrected chi connectivity index (χ0v) is 10.1. The van der Waals surface area contributed by atoms with E-state index in [1.807, 2.05) is 31.2 Å². The van der Waals surface area contributed by atoms with Gasteiger partial charge >= 0.3 is 0 Å². The van der Waals surface area contributed by atoms with Crippen molar-refractivity contribution in [1.82, 2.24) is 0 Å². The number of nitrogens with zero attached hydrogens (tertiary/aromatic N) is 2. The van der Waals surface area contributed by atoms with Crippen molar-refractivity contribution < 1.29 is 9.59 Å². The highest BCUT2D eigenvalue weighted by molar-refractivity contribution is 6.10. The molecular weight excluding hydrogens is 216 g/mol. The molecule has 0 spiro atoms. The fourth-order valence-corrected chi connectivity index (χ4v) is 2.01. The smallest absolute Gasteiger partial charge is 0.246 e. The van der Waals surface area contributed by atoms with Crippen molar-refractivity contribution >= 4 is 23.2 Å². The predicted octanol–water partition coefficient (Wildman–Crippen LogP) is 1.80. The lowest BCUT2D eigenvalue weighted by molar-refractivity contribution is -0.122. The Morgan fingerprint density at radius 1 is 1.29 bits per heavy atom. The molecule has 0 atom stereocenters. The summed E-state index contributed by atoms with van der Waals surface area (Å²) in [6, 6.07) is 7.50. The van der Waals surface area contributed by atoms with Gasteiger partial charge in [0, 0.05) is 13.5 Å².